The quantitative estimate of drug-likeness (QED) is 0.696. The number of hydrogen-bond donors (Lipinski definition) is 2. The number of imidazole rings is 1. The molecule has 1 aromatic heterocycles. The number of nitrogens with one attached hydrogen (secondary N) is 2. The molecule has 2 aliphatic rings. The Morgan fingerprint density at radius 2 is 2.28 bits per heavy atom. The number of aromatic nitrogens is 2. The van der Waals surface area contributed by atoms with Crippen LogP contribution in [0.1, 0.15) is 24.2 Å². The number of rotatable bonds is 5. The average molecular weight is 395 g/mol. The Kier molecular flexibility index (Phi) is 4.19. The van der Waals surface area contributed by atoms with Crippen molar-refractivity contribution in [3.05, 3.63) is 53.6 Å². The Labute approximate surface area is 167 Å². The van der Waals surface area contributed by atoms with Gasteiger partial charge in [-0.3, -0.25) is 4.79 Å². The Morgan fingerprint density at radius 1 is 1.38 bits per heavy atom. The molecule has 2 atom stereocenters. The molecule has 2 aromatic carbocycles. The first-order chi connectivity index (χ1) is 14.1. The molecule has 0 radical (unpaired) electrons. The summed E-state index contributed by atoms with van der Waals surface area (Å²) in [6, 6.07) is 10.3. The first kappa shape index (κ1) is 18.0. The summed E-state index contributed by atoms with van der Waals surface area (Å²) in [5, 5.41) is 3.03. The maximum atomic E-state index is 13.3. The lowest BCUT2D eigenvalue weighted by Gasteiger charge is -2.27. The minimum Gasteiger partial charge on any atom is -0.497 e. The van der Waals surface area contributed by atoms with Gasteiger partial charge < -0.3 is 19.8 Å². The van der Waals surface area contributed by atoms with Crippen molar-refractivity contribution < 1.29 is 18.7 Å². The third-order valence-corrected chi connectivity index (χ3v) is 6.07. The molecule has 29 heavy (non-hydrogen) atoms. The van der Waals surface area contributed by atoms with Crippen LogP contribution in [0.2, 0.25) is 0 Å². The highest BCUT2D eigenvalue weighted by Gasteiger charge is 2.61. The van der Waals surface area contributed by atoms with E-state index in [0.717, 1.165) is 41.2 Å². The summed E-state index contributed by atoms with van der Waals surface area (Å²) in [5.74, 6) is 2.07. The molecule has 1 fully saturated rings. The van der Waals surface area contributed by atoms with Crippen LogP contribution in [-0.2, 0) is 16.6 Å². The van der Waals surface area contributed by atoms with E-state index in [1.54, 1.807) is 13.2 Å². The summed E-state index contributed by atoms with van der Waals surface area (Å²) in [5.41, 5.74) is 2.31. The van der Waals surface area contributed by atoms with Crippen LogP contribution in [0.25, 0.3) is 11.0 Å². The first-order valence-electron chi connectivity index (χ1n) is 9.82. The van der Waals surface area contributed by atoms with E-state index < -0.39 is 0 Å². The van der Waals surface area contributed by atoms with Gasteiger partial charge in [0.2, 0.25) is 5.91 Å². The monoisotopic (exact) mass is 395 g/mol. The number of methoxy groups -OCH3 is 1. The van der Waals surface area contributed by atoms with Crippen LogP contribution in [0.5, 0.6) is 11.5 Å². The maximum absolute atomic E-state index is 13.3. The van der Waals surface area contributed by atoms with Crippen molar-refractivity contribution in [1.29, 1.82) is 0 Å². The Morgan fingerprint density at radius 3 is 3.14 bits per heavy atom. The smallest absolute Gasteiger partial charge is 0.224 e. The summed E-state index contributed by atoms with van der Waals surface area (Å²) in [6.07, 6.45) is 2.22. The third kappa shape index (κ3) is 3.10. The molecular weight excluding hydrogens is 373 g/mol. The van der Waals surface area contributed by atoms with Gasteiger partial charge in [0.1, 0.15) is 23.1 Å². The lowest BCUT2D eigenvalue weighted by atomic mass is 9.87. The minimum atomic E-state index is -0.298. The summed E-state index contributed by atoms with van der Waals surface area (Å²) in [6.45, 7) is 1.10. The van der Waals surface area contributed by atoms with Crippen LogP contribution in [0.15, 0.2) is 36.4 Å². The third-order valence-electron chi connectivity index (χ3n) is 6.07. The van der Waals surface area contributed by atoms with Crippen LogP contribution >= 0.6 is 0 Å². The van der Waals surface area contributed by atoms with Crippen molar-refractivity contribution in [2.45, 2.75) is 24.7 Å². The number of carbonyl (C=O) groups excluding carboxylic acids is 1. The molecular formula is C22H22FN3O3. The van der Waals surface area contributed by atoms with Crippen LogP contribution in [-0.4, -0.2) is 36.1 Å². The van der Waals surface area contributed by atoms with Crippen molar-refractivity contribution >= 4 is 16.9 Å². The van der Waals surface area contributed by atoms with Gasteiger partial charge in [-0.15, -0.1) is 0 Å². The number of benzene rings is 2. The molecule has 1 aliphatic carbocycles. The van der Waals surface area contributed by atoms with Crippen LogP contribution < -0.4 is 14.8 Å². The second-order valence-corrected chi connectivity index (χ2v) is 7.76. The van der Waals surface area contributed by atoms with E-state index in [1.807, 2.05) is 18.2 Å². The van der Waals surface area contributed by atoms with Crippen molar-refractivity contribution in [3.63, 3.8) is 0 Å². The largest absolute Gasteiger partial charge is 0.497 e. The van der Waals surface area contributed by atoms with Crippen molar-refractivity contribution in [3.8, 4) is 11.5 Å². The highest BCUT2D eigenvalue weighted by molar-refractivity contribution is 5.85. The second kappa shape index (κ2) is 6.76. The summed E-state index contributed by atoms with van der Waals surface area (Å²) >= 11 is 0. The molecule has 5 rings (SSSR count). The van der Waals surface area contributed by atoms with E-state index in [1.165, 1.54) is 12.1 Å². The normalized spacial score (nSPS) is 22.2. The topological polar surface area (TPSA) is 76.2 Å². The van der Waals surface area contributed by atoms with Crippen molar-refractivity contribution in [2.75, 3.05) is 20.3 Å². The fraction of sp³-hybridized carbons (Fsp3) is 0.364. The van der Waals surface area contributed by atoms with Gasteiger partial charge >= 0.3 is 0 Å². The van der Waals surface area contributed by atoms with E-state index in [4.69, 9.17) is 9.47 Å². The SMILES string of the molecule is COc1ccc2c(c1)[C@@]1(CCO2)C[C@@H]1C(=O)NCCc1nc2ccc(F)cc2[nH]1. The molecule has 6 nitrogen and oxygen atoms in total. The van der Waals surface area contributed by atoms with Crippen LogP contribution in [0.4, 0.5) is 4.39 Å². The van der Waals surface area contributed by atoms with Crippen molar-refractivity contribution in [2.24, 2.45) is 5.92 Å². The molecule has 1 aliphatic heterocycles. The van der Waals surface area contributed by atoms with Gasteiger partial charge in [0.05, 0.1) is 24.8 Å². The minimum absolute atomic E-state index is 0.0537. The van der Waals surface area contributed by atoms with E-state index in [0.29, 0.717) is 25.1 Å². The Hall–Kier alpha value is -3.09. The number of H-pyrrole nitrogens is 1. The number of hydrogen-bond acceptors (Lipinski definition) is 4. The van der Waals surface area contributed by atoms with Gasteiger partial charge in [-0.1, -0.05) is 0 Å². The second-order valence-electron chi connectivity index (χ2n) is 7.76. The van der Waals surface area contributed by atoms with E-state index in [2.05, 4.69) is 15.3 Å². The van der Waals surface area contributed by atoms with E-state index in [-0.39, 0.29) is 23.1 Å². The van der Waals surface area contributed by atoms with Gasteiger partial charge in [0, 0.05) is 29.9 Å². The molecule has 3 aromatic rings. The van der Waals surface area contributed by atoms with Gasteiger partial charge in [-0.05, 0) is 49.2 Å². The number of aromatic amines is 1. The predicted octanol–water partition coefficient (Wildman–Crippen LogP) is 3.11. The summed E-state index contributed by atoms with van der Waals surface area (Å²) in [7, 11) is 1.64. The molecule has 2 heterocycles. The zero-order valence-corrected chi connectivity index (χ0v) is 16.1. The highest BCUT2D eigenvalue weighted by atomic mass is 19.1. The van der Waals surface area contributed by atoms with Gasteiger partial charge in [-0.25, -0.2) is 9.37 Å². The average Bonchev–Trinajstić information content (AvgIpc) is 3.30. The Bertz CT molecular complexity index is 1100. The Balaban J connectivity index is 1.24. The molecule has 1 spiro atoms. The molecule has 0 saturated heterocycles. The zero-order valence-electron chi connectivity index (χ0n) is 16.1. The van der Waals surface area contributed by atoms with Crippen LogP contribution in [0, 0.1) is 11.7 Å². The summed E-state index contributed by atoms with van der Waals surface area (Å²) in [4.78, 5) is 20.3. The lowest BCUT2D eigenvalue weighted by Crippen LogP contribution is -2.32. The number of amides is 1. The number of fused-ring (bicyclic) bond motifs is 3. The van der Waals surface area contributed by atoms with E-state index in [9.17, 15) is 9.18 Å². The molecule has 1 amide bonds. The van der Waals surface area contributed by atoms with Crippen molar-refractivity contribution in [1.82, 2.24) is 15.3 Å². The van der Waals surface area contributed by atoms with Crippen LogP contribution in [0.3, 0.4) is 0 Å². The van der Waals surface area contributed by atoms with Gasteiger partial charge in [0.15, 0.2) is 0 Å². The predicted molar refractivity (Wildman–Crippen MR) is 106 cm³/mol. The zero-order chi connectivity index (χ0) is 20.0. The molecule has 1 saturated carbocycles. The van der Waals surface area contributed by atoms with E-state index >= 15 is 0 Å². The number of nitrogens with zero attached hydrogens (tertiary/aromatic N) is 1. The highest BCUT2D eigenvalue weighted by Crippen LogP contribution is 2.61. The molecule has 150 valence electrons. The number of ether oxygens (including phenoxy) is 2. The molecule has 0 unspecified atom stereocenters. The fourth-order valence-electron chi connectivity index (χ4n) is 4.43. The maximum Gasteiger partial charge on any atom is 0.224 e. The summed E-state index contributed by atoms with van der Waals surface area (Å²) < 4.78 is 24.4. The lowest BCUT2D eigenvalue weighted by molar-refractivity contribution is -0.122. The first-order valence-corrected chi connectivity index (χ1v) is 9.82. The van der Waals surface area contributed by atoms with Gasteiger partial charge in [-0.2, -0.15) is 0 Å². The van der Waals surface area contributed by atoms with Gasteiger partial charge in [0.25, 0.3) is 0 Å². The number of halogens is 1. The standard InChI is InChI=1S/C22H22FN3O3/c1-28-14-3-5-19-15(11-14)22(7-9-29-19)12-16(22)21(27)24-8-6-20-25-17-4-2-13(23)10-18(17)26-20/h2-5,10-11,16H,6-9,12H2,1H3,(H,24,27)(H,25,26)/t16-,22-/m1/s1. The molecule has 0 bridgehead atoms. The molecule has 7 heteroatoms. The fourth-order valence-corrected chi connectivity index (χ4v) is 4.43. The number of carbonyl (C=O) groups is 1. The molecule has 2 N–H and O–H groups in total.